The number of hydrogen-bond acceptors (Lipinski definition) is 4. The van der Waals surface area contributed by atoms with Gasteiger partial charge in [0.15, 0.2) is 0 Å². The van der Waals surface area contributed by atoms with Crippen LogP contribution >= 0.6 is 0 Å². The predicted octanol–water partition coefficient (Wildman–Crippen LogP) is 1.02. The lowest BCUT2D eigenvalue weighted by Crippen LogP contribution is -2.13. The predicted molar refractivity (Wildman–Crippen MR) is 62.4 cm³/mol. The second-order valence-corrected chi connectivity index (χ2v) is 3.42. The fourth-order valence-electron chi connectivity index (χ4n) is 1.28. The van der Waals surface area contributed by atoms with Gasteiger partial charge in [-0.05, 0) is 25.0 Å². The Hall–Kier alpha value is -1.62. The molecular weight excluding hydrogens is 206 g/mol. The molecule has 0 aromatic carbocycles. The number of ether oxygens (including phenoxy) is 1. The van der Waals surface area contributed by atoms with Crippen molar-refractivity contribution in [2.24, 2.45) is 5.73 Å². The third-order valence-corrected chi connectivity index (χ3v) is 2.12. The Morgan fingerprint density at radius 1 is 1.56 bits per heavy atom. The Bertz CT molecular complexity index is 342. The monoisotopic (exact) mass is 223 g/mol. The number of rotatable bonds is 7. The number of aromatic nitrogens is 1. The molecule has 0 atom stereocenters. The van der Waals surface area contributed by atoms with Crippen LogP contribution in [0.4, 0.5) is 5.69 Å². The van der Waals surface area contributed by atoms with Crippen LogP contribution < -0.4 is 11.1 Å². The minimum Gasteiger partial charge on any atom is -0.385 e. The Morgan fingerprint density at radius 2 is 2.38 bits per heavy atom. The number of carbonyl (C=O) groups excluding carboxylic acids is 1. The number of unbranched alkanes of at least 4 members (excludes halogenated alkanes) is 1. The quantitative estimate of drug-likeness (QED) is 0.676. The first kappa shape index (κ1) is 12.4. The van der Waals surface area contributed by atoms with Crippen LogP contribution in [0.2, 0.25) is 0 Å². The van der Waals surface area contributed by atoms with Crippen molar-refractivity contribution in [3.8, 4) is 0 Å². The number of nitrogens with zero attached hydrogens (tertiary/aromatic N) is 1. The van der Waals surface area contributed by atoms with Crippen molar-refractivity contribution in [2.45, 2.75) is 12.8 Å². The third-order valence-electron chi connectivity index (χ3n) is 2.12. The van der Waals surface area contributed by atoms with Gasteiger partial charge in [-0.2, -0.15) is 0 Å². The van der Waals surface area contributed by atoms with E-state index in [1.54, 1.807) is 19.4 Å². The standard InChI is InChI=1S/C11H17N3O2/c1-16-7-3-2-5-13-9-4-6-14-10(8-9)11(12)15/h4,6,8H,2-3,5,7H2,1H3,(H2,12,15)(H,13,14). The molecule has 5 nitrogen and oxygen atoms in total. The minimum atomic E-state index is -0.511. The lowest BCUT2D eigenvalue weighted by molar-refractivity contribution is 0.0995. The number of carbonyl (C=O) groups is 1. The molecule has 0 unspecified atom stereocenters. The molecule has 0 aliphatic rings. The number of hydrogen-bond donors (Lipinski definition) is 2. The Balaban J connectivity index is 2.36. The second kappa shape index (κ2) is 6.79. The number of pyridine rings is 1. The molecule has 1 aromatic rings. The zero-order chi connectivity index (χ0) is 11.8. The lowest BCUT2D eigenvalue weighted by atomic mass is 10.3. The highest BCUT2D eigenvalue weighted by Crippen LogP contribution is 2.07. The molecule has 1 rings (SSSR count). The minimum absolute atomic E-state index is 0.280. The van der Waals surface area contributed by atoms with E-state index in [0.717, 1.165) is 31.7 Å². The van der Waals surface area contributed by atoms with Crippen LogP contribution in [0.3, 0.4) is 0 Å². The summed E-state index contributed by atoms with van der Waals surface area (Å²) in [6, 6.07) is 3.46. The first-order chi connectivity index (χ1) is 7.74. The van der Waals surface area contributed by atoms with Crippen molar-refractivity contribution in [3.05, 3.63) is 24.0 Å². The number of amides is 1. The summed E-state index contributed by atoms with van der Waals surface area (Å²) in [4.78, 5) is 14.7. The van der Waals surface area contributed by atoms with Gasteiger partial charge in [-0.3, -0.25) is 9.78 Å². The molecule has 0 spiro atoms. The molecule has 5 heteroatoms. The maximum Gasteiger partial charge on any atom is 0.267 e. The maximum absolute atomic E-state index is 10.9. The van der Waals surface area contributed by atoms with Crippen LogP contribution in [0.5, 0.6) is 0 Å². The first-order valence-electron chi connectivity index (χ1n) is 5.22. The van der Waals surface area contributed by atoms with Gasteiger partial charge in [0.25, 0.3) is 5.91 Å². The van der Waals surface area contributed by atoms with E-state index in [4.69, 9.17) is 10.5 Å². The molecular formula is C11H17N3O2. The van der Waals surface area contributed by atoms with Gasteiger partial charge in [-0.25, -0.2) is 0 Å². The van der Waals surface area contributed by atoms with Gasteiger partial charge in [0.1, 0.15) is 5.69 Å². The van der Waals surface area contributed by atoms with Gasteiger partial charge in [0, 0.05) is 32.1 Å². The second-order valence-electron chi connectivity index (χ2n) is 3.42. The van der Waals surface area contributed by atoms with Gasteiger partial charge < -0.3 is 15.8 Å². The molecule has 0 saturated heterocycles. The van der Waals surface area contributed by atoms with Gasteiger partial charge >= 0.3 is 0 Å². The zero-order valence-corrected chi connectivity index (χ0v) is 9.40. The molecule has 1 heterocycles. The molecule has 0 radical (unpaired) electrons. The molecule has 0 aliphatic heterocycles. The summed E-state index contributed by atoms with van der Waals surface area (Å²) in [7, 11) is 1.69. The summed E-state index contributed by atoms with van der Waals surface area (Å²) in [5.74, 6) is -0.511. The van der Waals surface area contributed by atoms with E-state index >= 15 is 0 Å². The lowest BCUT2D eigenvalue weighted by Gasteiger charge is -2.06. The maximum atomic E-state index is 10.9. The van der Waals surface area contributed by atoms with E-state index < -0.39 is 5.91 Å². The molecule has 88 valence electrons. The fourth-order valence-corrected chi connectivity index (χ4v) is 1.28. The average Bonchev–Trinajstić information content (AvgIpc) is 2.29. The summed E-state index contributed by atoms with van der Waals surface area (Å²) in [5.41, 5.74) is 6.27. The summed E-state index contributed by atoms with van der Waals surface area (Å²) < 4.78 is 4.95. The molecule has 0 fully saturated rings. The Morgan fingerprint density at radius 3 is 3.06 bits per heavy atom. The smallest absolute Gasteiger partial charge is 0.267 e. The number of primary amides is 1. The molecule has 3 N–H and O–H groups in total. The van der Waals surface area contributed by atoms with Crippen LogP contribution in [0, 0.1) is 0 Å². The van der Waals surface area contributed by atoms with Crippen LogP contribution in [0.1, 0.15) is 23.3 Å². The van der Waals surface area contributed by atoms with Crippen molar-refractivity contribution in [2.75, 3.05) is 25.6 Å². The number of methoxy groups -OCH3 is 1. The number of nitrogens with two attached hydrogens (primary N) is 1. The number of nitrogens with one attached hydrogen (secondary N) is 1. The molecule has 1 amide bonds. The Kier molecular flexibility index (Phi) is 5.28. The van der Waals surface area contributed by atoms with Crippen LogP contribution in [-0.4, -0.2) is 31.2 Å². The van der Waals surface area contributed by atoms with E-state index in [-0.39, 0.29) is 5.69 Å². The topological polar surface area (TPSA) is 77.2 Å². The number of anilines is 1. The van der Waals surface area contributed by atoms with E-state index in [1.165, 1.54) is 0 Å². The zero-order valence-electron chi connectivity index (χ0n) is 9.40. The van der Waals surface area contributed by atoms with Gasteiger partial charge in [0.05, 0.1) is 0 Å². The highest BCUT2D eigenvalue weighted by atomic mass is 16.5. The van der Waals surface area contributed by atoms with E-state index in [0.29, 0.717) is 0 Å². The van der Waals surface area contributed by atoms with Crippen molar-refractivity contribution >= 4 is 11.6 Å². The normalized spacial score (nSPS) is 10.1. The Labute approximate surface area is 95.0 Å². The third kappa shape index (κ3) is 4.27. The average molecular weight is 223 g/mol. The largest absolute Gasteiger partial charge is 0.385 e. The summed E-state index contributed by atoms with van der Waals surface area (Å²) in [6.45, 7) is 1.61. The van der Waals surface area contributed by atoms with Crippen molar-refractivity contribution < 1.29 is 9.53 Å². The summed E-state index contributed by atoms with van der Waals surface area (Å²) >= 11 is 0. The van der Waals surface area contributed by atoms with Crippen molar-refractivity contribution in [1.82, 2.24) is 4.98 Å². The highest BCUT2D eigenvalue weighted by molar-refractivity contribution is 5.91. The molecule has 1 aromatic heterocycles. The first-order valence-corrected chi connectivity index (χ1v) is 5.22. The van der Waals surface area contributed by atoms with E-state index in [1.807, 2.05) is 6.07 Å². The van der Waals surface area contributed by atoms with Gasteiger partial charge in [-0.15, -0.1) is 0 Å². The fraction of sp³-hybridized carbons (Fsp3) is 0.455. The van der Waals surface area contributed by atoms with Gasteiger partial charge in [-0.1, -0.05) is 0 Å². The van der Waals surface area contributed by atoms with Crippen LogP contribution in [-0.2, 0) is 4.74 Å². The molecule has 0 aliphatic carbocycles. The van der Waals surface area contributed by atoms with E-state index in [9.17, 15) is 4.79 Å². The van der Waals surface area contributed by atoms with Crippen molar-refractivity contribution in [3.63, 3.8) is 0 Å². The molecule has 0 saturated carbocycles. The summed E-state index contributed by atoms with van der Waals surface area (Å²) in [5, 5.41) is 3.20. The van der Waals surface area contributed by atoms with Crippen LogP contribution in [0.15, 0.2) is 18.3 Å². The molecule has 16 heavy (non-hydrogen) atoms. The SMILES string of the molecule is COCCCCNc1ccnc(C(N)=O)c1. The van der Waals surface area contributed by atoms with E-state index in [2.05, 4.69) is 10.3 Å². The highest BCUT2D eigenvalue weighted by Gasteiger charge is 2.01. The van der Waals surface area contributed by atoms with Crippen LogP contribution in [0.25, 0.3) is 0 Å². The van der Waals surface area contributed by atoms with Crippen molar-refractivity contribution in [1.29, 1.82) is 0 Å². The summed E-state index contributed by atoms with van der Waals surface area (Å²) in [6.07, 6.45) is 3.59. The van der Waals surface area contributed by atoms with Gasteiger partial charge in [0.2, 0.25) is 0 Å². The molecule has 0 bridgehead atoms.